The Bertz CT molecular complexity index is 809. The summed E-state index contributed by atoms with van der Waals surface area (Å²) < 4.78 is 27.1. The van der Waals surface area contributed by atoms with Gasteiger partial charge in [-0.2, -0.15) is 4.31 Å². The zero-order chi connectivity index (χ0) is 19.4. The summed E-state index contributed by atoms with van der Waals surface area (Å²) >= 11 is 0. The molecule has 1 amide bonds. The van der Waals surface area contributed by atoms with E-state index < -0.39 is 10.0 Å². The van der Waals surface area contributed by atoms with Crippen molar-refractivity contribution < 1.29 is 13.2 Å². The summed E-state index contributed by atoms with van der Waals surface area (Å²) in [5.41, 5.74) is 0.249. The van der Waals surface area contributed by atoms with E-state index in [0.29, 0.717) is 37.5 Å². The van der Waals surface area contributed by atoms with E-state index in [1.54, 1.807) is 24.3 Å². The van der Waals surface area contributed by atoms with Gasteiger partial charge in [0, 0.05) is 32.6 Å². The Hall–Kier alpha value is -1.40. The van der Waals surface area contributed by atoms with Gasteiger partial charge in [0.25, 0.3) is 0 Å². The van der Waals surface area contributed by atoms with Crippen molar-refractivity contribution in [2.45, 2.75) is 49.8 Å². The van der Waals surface area contributed by atoms with E-state index in [2.05, 4.69) is 0 Å². The lowest BCUT2D eigenvalue weighted by atomic mass is 9.49. The van der Waals surface area contributed by atoms with Crippen molar-refractivity contribution in [1.29, 1.82) is 0 Å². The molecule has 152 valence electrons. The van der Waals surface area contributed by atoms with E-state index in [1.807, 2.05) is 11.0 Å². The number of hydrogen-bond acceptors (Lipinski definition) is 3. The lowest BCUT2D eigenvalue weighted by Gasteiger charge is -2.57. The van der Waals surface area contributed by atoms with Crippen LogP contribution < -0.4 is 0 Å². The molecule has 5 fully saturated rings. The molecule has 1 aliphatic heterocycles. The number of amides is 1. The molecule has 4 saturated carbocycles. The smallest absolute Gasteiger partial charge is 0.243 e. The molecule has 28 heavy (non-hydrogen) atoms. The third-order valence-electron chi connectivity index (χ3n) is 7.66. The molecule has 0 radical (unpaired) electrons. The first-order chi connectivity index (χ1) is 13.4. The molecule has 6 heteroatoms. The molecule has 0 spiro atoms. The summed E-state index contributed by atoms with van der Waals surface area (Å²) in [7, 11) is -3.46. The summed E-state index contributed by atoms with van der Waals surface area (Å²) in [6.45, 7) is 1.81. The molecule has 6 rings (SSSR count). The molecular weight excluding hydrogens is 372 g/mol. The lowest BCUT2D eigenvalue weighted by molar-refractivity contribution is -0.140. The van der Waals surface area contributed by atoms with Crippen molar-refractivity contribution >= 4 is 15.9 Å². The van der Waals surface area contributed by atoms with Crippen LogP contribution in [0.1, 0.15) is 44.9 Å². The average Bonchev–Trinajstić information content (AvgIpc) is 2.67. The van der Waals surface area contributed by atoms with Crippen LogP contribution in [0.5, 0.6) is 0 Å². The Morgan fingerprint density at radius 2 is 1.43 bits per heavy atom. The number of hydrogen-bond donors (Lipinski definition) is 0. The minimum absolute atomic E-state index is 0.249. The highest BCUT2D eigenvalue weighted by atomic mass is 32.2. The van der Waals surface area contributed by atoms with Crippen molar-refractivity contribution in [3.05, 3.63) is 30.3 Å². The van der Waals surface area contributed by atoms with Gasteiger partial charge in [0.15, 0.2) is 0 Å². The maximum atomic E-state index is 13.1. The molecule has 4 aliphatic carbocycles. The Morgan fingerprint density at radius 1 is 0.893 bits per heavy atom. The van der Waals surface area contributed by atoms with Gasteiger partial charge in [0.05, 0.1) is 4.90 Å². The summed E-state index contributed by atoms with van der Waals surface area (Å²) in [6, 6.07) is 8.59. The summed E-state index contributed by atoms with van der Waals surface area (Å²) in [6.07, 6.45) is 8.59. The highest BCUT2D eigenvalue weighted by Crippen LogP contribution is 2.61. The lowest BCUT2D eigenvalue weighted by Crippen LogP contribution is -2.53. The highest BCUT2D eigenvalue weighted by molar-refractivity contribution is 7.89. The molecule has 0 unspecified atom stereocenters. The molecule has 1 aromatic rings. The molecule has 5 aliphatic rings. The number of sulfonamides is 1. The van der Waals surface area contributed by atoms with E-state index in [0.717, 1.165) is 17.8 Å². The fourth-order valence-electron chi connectivity index (χ4n) is 6.86. The Morgan fingerprint density at radius 3 is 1.96 bits per heavy atom. The van der Waals surface area contributed by atoms with Crippen LogP contribution in [0.4, 0.5) is 0 Å². The first kappa shape index (κ1) is 18.6. The van der Waals surface area contributed by atoms with Crippen LogP contribution in [0.2, 0.25) is 0 Å². The largest absolute Gasteiger partial charge is 0.340 e. The third-order valence-corrected chi connectivity index (χ3v) is 9.58. The maximum Gasteiger partial charge on any atom is 0.243 e. The number of carbonyl (C=O) groups excluding carboxylic acids is 1. The minimum atomic E-state index is -3.46. The van der Waals surface area contributed by atoms with Crippen LogP contribution in [0, 0.1) is 23.2 Å². The zero-order valence-electron chi connectivity index (χ0n) is 16.4. The van der Waals surface area contributed by atoms with Gasteiger partial charge in [0.1, 0.15) is 0 Å². The predicted octanol–water partition coefficient (Wildman–Crippen LogP) is 3.13. The van der Waals surface area contributed by atoms with E-state index in [4.69, 9.17) is 0 Å². The van der Waals surface area contributed by atoms with Crippen molar-refractivity contribution in [1.82, 2.24) is 9.21 Å². The highest BCUT2D eigenvalue weighted by Gasteiger charge is 2.51. The SMILES string of the molecule is O=C(CC12CC3CC(CC(C3)C1)C2)N1CCN(S(=O)(=O)c2ccccc2)CC1. The summed E-state index contributed by atoms with van der Waals surface area (Å²) in [5.74, 6) is 2.81. The number of carbonyl (C=O) groups is 1. The van der Waals surface area contributed by atoms with Gasteiger partial charge in [-0.05, 0) is 73.8 Å². The van der Waals surface area contributed by atoms with Crippen LogP contribution in [-0.4, -0.2) is 49.7 Å². The van der Waals surface area contributed by atoms with Crippen LogP contribution in [0.3, 0.4) is 0 Å². The number of nitrogens with zero attached hydrogens (tertiary/aromatic N) is 2. The molecule has 4 bridgehead atoms. The van der Waals surface area contributed by atoms with Crippen molar-refractivity contribution in [3.63, 3.8) is 0 Å². The topological polar surface area (TPSA) is 57.7 Å². The van der Waals surface area contributed by atoms with Gasteiger partial charge in [-0.3, -0.25) is 4.79 Å². The number of piperazine rings is 1. The van der Waals surface area contributed by atoms with Gasteiger partial charge < -0.3 is 4.90 Å². The maximum absolute atomic E-state index is 13.1. The second-order valence-electron chi connectivity index (χ2n) is 9.69. The fraction of sp³-hybridized carbons (Fsp3) is 0.682. The second-order valence-corrected chi connectivity index (χ2v) is 11.6. The Kier molecular flexibility index (Phi) is 4.55. The van der Waals surface area contributed by atoms with Crippen molar-refractivity contribution in [2.75, 3.05) is 26.2 Å². The van der Waals surface area contributed by atoms with Gasteiger partial charge in [-0.25, -0.2) is 8.42 Å². The van der Waals surface area contributed by atoms with E-state index >= 15 is 0 Å². The summed E-state index contributed by atoms with van der Waals surface area (Å²) in [4.78, 5) is 15.3. The Labute approximate surface area is 168 Å². The Balaban J connectivity index is 1.21. The van der Waals surface area contributed by atoms with Gasteiger partial charge in [0.2, 0.25) is 15.9 Å². The molecular formula is C22H30N2O3S. The third kappa shape index (κ3) is 3.28. The van der Waals surface area contributed by atoms with Gasteiger partial charge in [-0.15, -0.1) is 0 Å². The van der Waals surface area contributed by atoms with Crippen LogP contribution >= 0.6 is 0 Å². The van der Waals surface area contributed by atoms with Gasteiger partial charge >= 0.3 is 0 Å². The molecule has 0 atom stereocenters. The summed E-state index contributed by atoms with van der Waals surface area (Å²) in [5, 5.41) is 0. The first-order valence-electron chi connectivity index (χ1n) is 10.8. The molecule has 1 saturated heterocycles. The minimum Gasteiger partial charge on any atom is -0.340 e. The standard InChI is InChI=1S/C22H30N2O3S/c25-21(16-22-13-17-10-18(14-22)12-19(11-17)15-22)23-6-8-24(9-7-23)28(26,27)20-4-2-1-3-5-20/h1-5,17-19H,6-16H2. The molecule has 0 aromatic heterocycles. The second kappa shape index (κ2) is 6.84. The van der Waals surface area contributed by atoms with Crippen LogP contribution in [0.15, 0.2) is 35.2 Å². The van der Waals surface area contributed by atoms with Gasteiger partial charge in [-0.1, -0.05) is 18.2 Å². The monoisotopic (exact) mass is 402 g/mol. The predicted molar refractivity (Wildman–Crippen MR) is 107 cm³/mol. The van der Waals surface area contributed by atoms with Crippen molar-refractivity contribution in [3.8, 4) is 0 Å². The molecule has 1 heterocycles. The average molecular weight is 403 g/mol. The number of rotatable bonds is 4. The van der Waals surface area contributed by atoms with Crippen LogP contribution in [0.25, 0.3) is 0 Å². The quantitative estimate of drug-likeness (QED) is 0.777. The van der Waals surface area contributed by atoms with Crippen molar-refractivity contribution in [2.24, 2.45) is 23.2 Å². The van der Waals surface area contributed by atoms with Crippen LogP contribution in [-0.2, 0) is 14.8 Å². The van der Waals surface area contributed by atoms with E-state index in [-0.39, 0.29) is 11.3 Å². The zero-order valence-corrected chi connectivity index (χ0v) is 17.2. The molecule has 5 nitrogen and oxygen atoms in total. The molecule has 1 aromatic carbocycles. The van der Waals surface area contributed by atoms with E-state index in [9.17, 15) is 13.2 Å². The fourth-order valence-corrected chi connectivity index (χ4v) is 8.30. The molecule has 0 N–H and O–H groups in total. The number of benzene rings is 1. The van der Waals surface area contributed by atoms with E-state index in [1.165, 1.54) is 42.8 Å². The first-order valence-corrected chi connectivity index (χ1v) is 12.2. The normalized spacial score (nSPS) is 35.3.